The second kappa shape index (κ2) is 6.51. The number of nitrogens with one attached hydrogen (secondary N) is 2. The van der Waals surface area contributed by atoms with Crippen LogP contribution in [0.15, 0.2) is 30.7 Å². The fourth-order valence-corrected chi connectivity index (χ4v) is 1.69. The molecule has 0 saturated carbocycles. The summed E-state index contributed by atoms with van der Waals surface area (Å²) >= 11 is 0. The highest BCUT2D eigenvalue weighted by molar-refractivity contribution is 5.90. The summed E-state index contributed by atoms with van der Waals surface area (Å²) in [5.41, 5.74) is 1.39. The standard InChI is InChI=1S/C13H15N5O3/c1-18-8-9(6-16-18)4-5-14-13(21)17-10-2-3-11(12(19)20)15-7-10/h2-3,6-8H,4-5H2,1H3,(H,19,20)(H2,14,17,21). The zero-order chi connectivity index (χ0) is 15.2. The molecule has 0 aromatic carbocycles. The highest BCUT2D eigenvalue weighted by Gasteiger charge is 2.06. The van der Waals surface area contributed by atoms with Crippen LogP contribution in [0.25, 0.3) is 0 Å². The molecule has 0 fully saturated rings. The average Bonchev–Trinajstić information content (AvgIpc) is 2.85. The van der Waals surface area contributed by atoms with E-state index in [0.29, 0.717) is 18.7 Å². The number of aromatic carboxylic acids is 1. The van der Waals surface area contributed by atoms with Crippen LogP contribution in [0.1, 0.15) is 16.1 Å². The molecule has 2 rings (SSSR count). The molecule has 0 atom stereocenters. The van der Waals surface area contributed by atoms with E-state index in [4.69, 9.17) is 5.11 Å². The van der Waals surface area contributed by atoms with Gasteiger partial charge in [-0.2, -0.15) is 5.10 Å². The lowest BCUT2D eigenvalue weighted by molar-refractivity contribution is 0.0690. The van der Waals surface area contributed by atoms with Crippen molar-refractivity contribution in [2.45, 2.75) is 6.42 Å². The van der Waals surface area contributed by atoms with E-state index in [0.717, 1.165) is 5.56 Å². The topological polar surface area (TPSA) is 109 Å². The van der Waals surface area contributed by atoms with Gasteiger partial charge < -0.3 is 15.7 Å². The molecule has 0 radical (unpaired) electrons. The summed E-state index contributed by atoms with van der Waals surface area (Å²) in [6.07, 6.45) is 5.60. The number of anilines is 1. The van der Waals surface area contributed by atoms with E-state index in [1.165, 1.54) is 18.3 Å². The predicted molar refractivity (Wildman–Crippen MR) is 75.1 cm³/mol. The number of carboxylic acids is 1. The Morgan fingerprint density at radius 3 is 2.71 bits per heavy atom. The van der Waals surface area contributed by atoms with Gasteiger partial charge in [-0.25, -0.2) is 14.6 Å². The first-order chi connectivity index (χ1) is 10.0. The number of hydrogen-bond acceptors (Lipinski definition) is 4. The van der Waals surface area contributed by atoms with Crippen molar-refractivity contribution in [3.05, 3.63) is 42.0 Å². The number of carbonyl (C=O) groups excluding carboxylic acids is 1. The summed E-state index contributed by atoms with van der Waals surface area (Å²) in [4.78, 5) is 26.0. The Balaban J connectivity index is 1.77. The number of rotatable bonds is 5. The quantitative estimate of drug-likeness (QED) is 0.757. The lowest BCUT2D eigenvalue weighted by atomic mass is 10.2. The molecule has 0 saturated heterocycles. The summed E-state index contributed by atoms with van der Waals surface area (Å²) < 4.78 is 1.70. The van der Waals surface area contributed by atoms with Crippen LogP contribution < -0.4 is 10.6 Å². The predicted octanol–water partition coefficient (Wildman–Crippen LogP) is 0.877. The van der Waals surface area contributed by atoms with Crippen molar-refractivity contribution in [1.29, 1.82) is 0 Å². The van der Waals surface area contributed by atoms with Crippen molar-refractivity contribution in [2.75, 3.05) is 11.9 Å². The summed E-state index contributed by atoms with van der Waals surface area (Å²) in [6, 6.07) is 2.44. The SMILES string of the molecule is Cn1cc(CCNC(=O)Nc2ccc(C(=O)O)nc2)cn1. The molecule has 2 aromatic rings. The van der Waals surface area contributed by atoms with Crippen molar-refractivity contribution >= 4 is 17.7 Å². The summed E-state index contributed by atoms with van der Waals surface area (Å²) in [5, 5.41) is 18.0. The van der Waals surface area contributed by atoms with Gasteiger partial charge in [0, 0.05) is 19.8 Å². The number of aromatic nitrogens is 3. The number of hydrogen-bond donors (Lipinski definition) is 3. The van der Waals surface area contributed by atoms with Crippen molar-refractivity contribution in [3.8, 4) is 0 Å². The first-order valence-corrected chi connectivity index (χ1v) is 6.26. The van der Waals surface area contributed by atoms with Gasteiger partial charge in [0.15, 0.2) is 0 Å². The minimum absolute atomic E-state index is 0.0717. The number of aryl methyl sites for hydroxylation is 1. The van der Waals surface area contributed by atoms with E-state index in [-0.39, 0.29) is 11.7 Å². The molecule has 2 heterocycles. The Morgan fingerprint density at radius 1 is 1.33 bits per heavy atom. The number of nitrogens with zero attached hydrogens (tertiary/aromatic N) is 3. The van der Waals surface area contributed by atoms with Gasteiger partial charge in [0.05, 0.1) is 18.1 Å². The monoisotopic (exact) mass is 289 g/mol. The maximum atomic E-state index is 11.6. The van der Waals surface area contributed by atoms with Crippen LogP contribution >= 0.6 is 0 Å². The number of carboxylic acid groups (broad SMARTS) is 1. The normalized spacial score (nSPS) is 10.1. The fourth-order valence-electron chi connectivity index (χ4n) is 1.69. The molecule has 0 aliphatic rings. The zero-order valence-electron chi connectivity index (χ0n) is 11.4. The maximum Gasteiger partial charge on any atom is 0.354 e. The Hall–Kier alpha value is -2.90. The first kappa shape index (κ1) is 14.5. The molecule has 8 nitrogen and oxygen atoms in total. The molecule has 0 aliphatic carbocycles. The van der Waals surface area contributed by atoms with Crippen LogP contribution in [0.2, 0.25) is 0 Å². The minimum atomic E-state index is -1.11. The van der Waals surface area contributed by atoms with Gasteiger partial charge in [-0.1, -0.05) is 0 Å². The number of amides is 2. The van der Waals surface area contributed by atoms with E-state index in [9.17, 15) is 9.59 Å². The Labute approximate surface area is 120 Å². The second-order valence-corrected chi connectivity index (χ2v) is 4.39. The van der Waals surface area contributed by atoms with Gasteiger partial charge in [-0.15, -0.1) is 0 Å². The van der Waals surface area contributed by atoms with Gasteiger partial charge in [-0.05, 0) is 24.1 Å². The van der Waals surface area contributed by atoms with Crippen LogP contribution in [-0.2, 0) is 13.5 Å². The third kappa shape index (κ3) is 4.30. The molecular formula is C13H15N5O3. The van der Waals surface area contributed by atoms with Crippen molar-refractivity contribution in [2.24, 2.45) is 7.05 Å². The van der Waals surface area contributed by atoms with E-state index in [1.807, 2.05) is 13.2 Å². The van der Waals surface area contributed by atoms with Crippen LogP contribution in [0.5, 0.6) is 0 Å². The molecule has 2 aromatic heterocycles. The molecule has 2 amide bonds. The van der Waals surface area contributed by atoms with Crippen molar-refractivity contribution in [3.63, 3.8) is 0 Å². The van der Waals surface area contributed by atoms with Crippen LogP contribution in [0.4, 0.5) is 10.5 Å². The highest BCUT2D eigenvalue weighted by atomic mass is 16.4. The number of urea groups is 1. The smallest absolute Gasteiger partial charge is 0.354 e. The Morgan fingerprint density at radius 2 is 2.14 bits per heavy atom. The molecule has 21 heavy (non-hydrogen) atoms. The van der Waals surface area contributed by atoms with E-state index >= 15 is 0 Å². The molecular weight excluding hydrogens is 274 g/mol. The van der Waals surface area contributed by atoms with Crippen molar-refractivity contribution in [1.82, 2.24) is 20.1 Å². The van der Waals surface area contributed by atoms with Crippen LogP contribution in [0.3, 0.4) is 0 Å². The minimum Gasteiger partial charge on any atom is -0.477 e. The lowest BCUT2D eigenvalue weighted by Gasteiger charge is -2.06. The van der Waals surface area contributed by atoms with Crippen LogP contribution in [-0.4, -0.2) is 38.4 Å². The van der Waals surface area contributed by atoms with Gasteiger partial charge in [0.1, 0.15) is 5.69 Å². The molecule has 0 bridgehead atoms. The van der Waals surface area contributed by atoms with Crippen LogP contribution in [0, 0.1) is 0 Å². The van der Waals surface area contributed by atoms with Crippen molar-refractivity contribution < 1.29 is 14.7 Å². The third-order valence-corrected chi connectivity index (χ3v) is 2.70. The largest absolute Gasteiger partial charge is 0.477 e. The van der Waals surface area contributed by atoms with Gasteiger partial charge >= 0.3 is 12.0 Å². The van der Waals surface area contributed by atoms with Gasteiger partial charge in [0.2, 0.25) is 0 Å². The summed E-state index contributed by atoms with van der Waals surface area (Å²) in [5.74, 6) is -1.11. The third-order valence-electron chi connectivity index (χ3n) is 2.70. The molecule has 8 heteroatoms. The zero-order valence-corrected chi connectivity index (χ0v) is 11.4. The second-order valence-electron chi connectivity index (χ2n) is 4.39. The number of pyridine rings is 1. The Kier molecular flexibility index (Phi) is 4.50. The molecule has 3 N–H and O–H groups in total. The molecule has 0 unspecified atom stereocenters. The average molecular weight is 289 g/mol. The fraction of sp³-hybridized carbons (Fsp3) is 0.231. The van der Waals surface area contributed by atoms with Gasteiger partial charge in [0.25, 0.3) is 0 Å². The van der Waals surface area contributed by atoms with E-state index < -0.39 is 5.97 Å². The number of carbonyl (C=O) groups is 2. The Bertz CT molecular complexity index is 636. The lowest BCUT2D eigenvalue weighted by Crippen LogP contribution is -2.30. The van der Waals surface area contributed by atoms with E-state index in [1.54, 1.807) is 10.9 Å². The van der Waals surface area contributed by atoms with E-state index in [2.05, 4.69) is 20.7 Å². The summed E-state index contributed by atoms with van der Waals surface area (Å²) in [7, 11) is 1.83. The summed E-state index contributed by atoms with van der Waals surface area (Å²) in [6.45, 7) is 0.470. The highest BCUT2D eigenvalue weighted by Crippen LogP contribution is 2.05. The molecule has 110 valence electrons. The molecule has 0 spiro atoms. The maximum absolute atomic E-state index is 11.6. The first-order valence-electron chi connectivity index (χ1n) is 6.26. The molecule has 0 aliphatic heterocycles. The van der Waals surface area contributed by atoms with Gasteiger partial charge in [-0.3, -0.25) is 4.68 Å².